The summed E-state index contributed by atoms with van der Waals surface area (Å²) in [5.41, 5.74) is 13.0. The fraction of sp³-hybridized carbons (Fsp3) is 0.0851. The Morgan fingerprint density at radius 3 is 1.85 bits per heavy atom. The number of benzene rings is 7. The summed E-state index contributed by atoms with van der Waals surface area (Å²) in [5.74, 6) is 1.66. The Morgan fingerprint density at radius 1 is 0.538 bits per heavy atom. The number of rotatable bonds is 5. The van der Waals surface area contributed by atoms with Crippen LogP contribution in [0.3, 0.4) is 0 Å². The van der Waals surface area contributed by atoms with Gasteiger partial charge in [0.15, 0.2) is 0 Å². The molecular formula is C47H34N4Se. The minimum atomic E-state index is -0.362. The molecule has 2 aliphatic rings. The monoisotopic (exact) mass is 734 g/mol. The molecule has 4 nitrogen and oxygen atoms in total. The van der Waals surface area contributed by atoms with Crippen LogP contribution in [0.4, 0.5) is 0 Å². The van der Waals surface area contributed by atoms with Crippen molar-refractivity contribution in [1.82, 2.24) is 10.3 Å². The van der Waals surface area contributed by atoms with Crippen LogP contribution in [0.2, 0.25) is 0 Å². The molecule has 1 aliphatic carbocycles. The van der Waals surface area contributed by atoms with Crippen LogP contribution in [-0.2, 0) is 5.41 Å². The van der Waals surface area contributed by atoms with Gasteiger partial charge >= 0.3 is 212 Å². The third-order valence-corrected chi connectivity index (χ3v) is 13.0. The fourth-order valence-electron chi connectivity index (χ4n) is 7.78. The first-order chi connectivity index (χ1) is 25.5. The maximum absolute atomic E-state index is 5.16. The van der Waals surface area contributed by atoms with E-state index in [0.717, 1.165) is 33.9 Å². The summed E-state index contributed by atoms with van der Waals surface area (Å²) in [7, 11) is 0. The fourth-order valence-corrected chi connectivity index (χ4v) is 10.1. The van der Waals surface area contributed by atoms with E-state index in [9.17, 15) is 0 Å². The third-order valence-electron chi connectivity index (χ3n) is 10.6. The van der Waals surface area contributed by atoms with Crippen LogP contribution in [0.25, 0.3) is 52.9 Å². The van der Waals surface area contributed by atoms with Crippen LogP contribution in [0.5, 0.6) is 0 Å². The molecule has 1 N–H and O–H groups in total. The number of nitrogens with zero attached hydrogens (tertiary/aromatic N) is 3. The Kier molecular flexibility index (Phi) is 7.21. The van der Waals surface area contributed by atoms with E-state index in [2.05, 4.69) is 140 Å². The number of fused-ring (bicyclic) bond motifs is 6. The molecule has 0 unspecified atom stereocenters. The number of aromatic nitrogens is 1. The van der Waals surface area contributed by atoms with Gasteiger partial charge in [0.25, 0.3) is 0 Å². The molecule has 0 spiro atoms. The van der Waals surface area contributed by atoms with Gasteiger partial charge in [-0.2, -0.15) is 0 Å². The van der Waals surface area contributed by atoms with Gasteiger partial charge in [0.05, 0.1) is 0 Å². The SMILES string of the molecule is CC1(C)c2ccc(-c3ccc4ccc5nc(-c6ccccc6)[se]c5c4c3)cc2-c2ccc(C3N=C(c4ccccc4)NC(c4ccccc4)=N3)cc21. The second kappa shape index (κ2) is 12.1. The van der Waals surface area contributed by atoms with E-state index >= 15 is 0 Å². The predicted molar refractivity (Wildman–Crippen MR) is 216 cm³/mol. The molecule has 7 aromatic carbocycles. The molecule has 0 fully saturated rings. The molecule has 0 bridgehead atoms. The Balaban J connectivity index is 1.04. The summed E-state index contributed by atoms with van der Waals surface area (Å²) >= 11 is 0.152. The number of nitrogens with one attached hydrogen (secondary N) is 1. The van der Waals surface area contributed by atoms with Gasteiger partial charge in [-0.05, 0) is 0 Å². The van der Waals surface area contributed by atoms with E-state index in [1.165, 1.54) is 58.5 Å². The van der Waals surface area contributed by atoms with Crippen LogP contribution in [0.1, 0.15) is 47.8 Å². The molecule has 0 atom stereocenters. The molecule has 1 aliphatic heterocycles. The second-order valence-electron chi connectivity index (χ2n) is 14.1. The Bertz CT molecular complexity index is 2670. The average Bonchev–Trinajstić information content (AvgIpc) is 3.75. The van der Waals surface area contributed by atoms with Crippen molar-refractivity contribution in [3.05, 3.63) is 186 Å². The van der Waals surface area contributed by atoms with Crippen LogP contribution < -0.4 is 5.32 Å². The maximum atomic E-state index is 5.16. The van der Waals surface area contributed by atoms with E-state index in [-0.39, 0.29) is 26.1 Å². The van der Waals surface area contributed by atoms with E-state index in [1.807, 2.05) is 36.4 Å². The zero-order valence-corrected chi connectivity index (χ0v) is 30.6. The molecular weight excluding hydrogens is 700 g/mol. The van der Waals surface area contributed by atoms with Crippen LogP contribution in [0.15, 0.2) is 168 Å². The molecule has 0 saturated carbocycles. The predicted octanol–water partition coefficient (Wildman–Crippen LogP) is 10.6. The summed E-state index contributed by atoms with van der Waals surface area (Å²) in [4.78, 5) is 15.4. The summed E-state index contributed by atoms with van der Waals surface area (Å²) in [6.45, 7) is 4.68. The van der Waals surface area contributed by atoms with E-state index < -0.39 is 0 Å². The van der Waals surface area contributed by atoms with Gasteiger partial charge in [-0.3, -0.25) is 0 Å². The van der Waals surface area contributed by atoms with Crippen molar-refractivity contribution in [2.75, 3.05) is 0 Å². The molecule has 52 heavy (non-hydrogen) atoms. The van der Waals surface area contributed by atoms with E-state index in [4.69, 9.17) is 15.0 Å². The minimum absolute atomic E-state index is 0.152. The van der Waals surface area contributed by atoms with Crippen LogP contribution >= 0.6 is 0 Å². The standard InChI is InChI=1S/C47H34N4Se/c1-47(2)39-24-21-34(33-19-18-29-22-25-41-42(37(29)26-33)52-46(48-41)32-16-10-5-11-17-32)27-38(39)36-23-20-35(28-40(36)47)45-50-43(30-12-6-3-7-13-30)49-44(51-45)31-14-8-4-9-15-31/h3-28,45H,1-2H3,(H,49,50,51). The first-order valence-electron chi connectivity index (χ1n) is 17.7. The van der Waals surface area contributed by atoms with E-state index in [0.29, 0.717) is 0 Å². The molecule has 5 heteroatoms. The number of hydrogen-bond acceptors (Lipinski definition) is 4. The number of hydrogen-bond donors (Lipinski definition) is 1. The van der Waals surface area contributed by atoms with E-state index in [1.54, 1.807) is 0 Å². The van der Waals surface area contributed by atoms with Crippen molar-refractivity contribution in [1.29, 1.82) is 0 Å². The number of amidine groups is 2. The zero-order chi connectivity index (χ0) is 34.8. The van der Waals surface area contributed by atoms with Gasteiger partial charge in [0, 0.05) is 11.1 Å². The molecule has 248 valence electrons. The molecule has 1 aromatic heterocycles. The van der Waals surface area contributed by atoms with Crippen LogP contribution in [-0.4, -0.2) is 31.2 Å². The van der Waals surface area contributed by atoms with Crippen molar-refractivity contribution in [3.8, 4) is 32.4 Å². The van der Waals surface area contributed by atoms with Crippen molar-refractivity contribution in [2.24, 2.45) is 9.98 Å². The van der Waals surface area contributed by atoms with Crippen molar-refractivity contribution >= 4 is 46.7 Å². The van der Waals surface area contributed by atoms with Gasteiger partial charge in [0.2, 0.25) is 0 Å². The topological polar surface area (TPSA) is 49.6 Å². The van der Waals surface area contributed by atoms with Gasteiger partial charge in [0.1, 0.15) is 11.7 Å². The Hall–Kier alpha value is -5.87. The first-order valence-corrected chi connectivity index (χ1v) is 19.4. The summed E-state index contributed by atoms with van der Waals surface area (Å²) in [6, 6.07) is 56.4. The van der Waals surface area contributed by atoms with Gasteiger partial charge < -0.3 is 5.32 Å². The van der Waals surface area contributed by atoms with Crippen molar-refractivity contribution in [3.63, 3.8) is 0 Å². The molecule has 0 amide bonds. The Morgan fingerprint density at radius 2 is 1.15 bits per heavy atom. The average molecular weight is 734 g/mol. The van der Waals surface area contributed by atoms with Gasteiger partial charge in [-0.15, -0.1) is 0 Å². The molecule has 0 radical (unpaired) electrons. The van der Waals surface area contributed by atoms with Gasteiger partial charge in [-0.1, -0.05) is 60.7 Å². The van der Waals surface area contributed by atoms with Gasteiger partial charge in [-0.25, -0.2) is 9.98 Å². The second-order valence-corrected chi connectivity index (χ2v) is 16.2. The molecule has 0 saturated heterocycles. The van der Waals surface area contributed by atoms with Crippen molar-refractivity contribution < 1.29 is 0 Å². The summed E-state index contributed by atoms with van der Waals surface area (Å²) in [6.07, 6.45) is -0.362. The van der Waals surface area contributed by atoms with Crippen molar-refractivity contribution in [2.45, 2.75) is 25.4 Å². The first kappa shape index (κ1) is 30.9. The Labute approximate surface area is 309 Å². The normalized spacial score (nSPS) is 14.8. The zero-order valence-electron chi connectivity index (χ0n) is 28.8. The summed E-state index contributed by atoms with van der Waals surface area (Å²) in [5, 5.41) is 6.09. The molecule has 8 aromatic rings. The third kappa shape index (κ3) is 5.16. The summed E-state index contributed by atoms with van der Waals surface area (Å²) < 4.78 is 2.57. The molecule has 10 rings (SSSR count). The van der Waals surface area contributed by atoms with Crippen LogP contribution in [0, 0.1) is 0 Å². The quantitative estimate of drug-likeness (QED) is 0.179. The number of aliphatic imine (C=N–C) groups is 2. The molecule has 2 heterocycles.